The summed E-state index contributed by atoms with van der Waals surface area (Å²) in [5.41, 5.74) is 0.557. The molecule has 1 atom stereocenters. The second-order valence-corrected chi connectivity index (χ2v) is 10.5. The number of hydrogen-bond donors (Lipinski definition) is 0. The Balaban J connectivity index is 1.53. The van der Waals surface area contributed by atoms with Crippen LogP contribution in [-0.2, 0) is 9.53 Å². The van der Waals surface area contributed by atoms with Gasteiger partial charge in [-0.25, -0.2) is 0 Å². The SMILES string of the molecule is CCC(=O)OC1CCC(CCCC(C)C2CCCCC2)(C2CCCCC2)CC1. The summed E-state index contributed by atoms with van der Waals surface area (Å²) < 4.78 is 5.70. The van der Waals surface area contributed by atoms with Crippen molar-refractivity contribution in [3.63, 3.8) is 0 Å². The molecule has 0 radical (unpaired) electrons. The van der Waals surface area contributed by atoms with E-state index >= 15 is 0 Å². The molecule has 0 spiro atoms. The van der Waals surface area contributed by atoms with Crippen LogP contribution in [0.4, 0.5) is 0 Å². The maximum absolute atomic E-state index is 11.7. The molecule has 3 saturated carbocycles. The lowest BCUT2D eigenvalue weighted by Crippen LogP contribution is -2.38. The molecule has 3 fully saturated rings. The molecule has 2 heteroatoms. The summed E-state index contributed by atoms with van der Waals surface area (Å²) in [6, 6.07) is 0. The van der Waals surface area contributed by atoms with Gasteiger partial charge in [-0.05, 0) is 68.1 Å². The van der Waals surface area contributed by atoms with Gasteiger partial charge in [0.15, 0.2) is 0 Å². The lowest BCUT2D eigenvalue weighted by Gasteiger charge is -2.47. The number of carbonyl (C=O) groups excluding carboxylic acids is 1. The molecular formula is C26H46O2. The lowest BCUT2D eigenvalue weighted by molar-refractivity contribution is -0.152. The van der Waals surface area contributed by atoms with Gasteiger partial charge in [-0.2, -0.15) is 0 Å². The van der Waals surface area contributed by atoms with Crippen LogP contribution in [0.25, 0.3) is 0 Å². The standard InChI is InChI=1S/C26H46O2/c1-3-25(27)28-24-16-19-26(20-17-24,23-14-8-5-9-15-23)18-10-11-21(2)22-12-6-4-7-13-22/h21-24H,3-20H2,1-2H3. The Morgan fingerprint density at radius 2 is 1.54 bits per heavy atom. The zero-order valence-corrected chi connectivity index (χ0v) is 18.9. The summed E-state index contributed by atoms with van der Waals surface area (Å²) in [5.74, 6) is 2.86. The molecule has 0 aliphatic heterocycles. The third kappa shape index (κ3) is 5.99. The van der Waals surface area contributed by atoms with Crippen molar-refractivity contribution in [2.24, 2.45) is 23.2 Å². The Kier molecular flexibility index (Phi) is 8.72. The molecule has 3 rings (SSSR count). The maximum atomic E-state index is 11.7. The molecule has 0 aromatic rings. The fourth-order valence-corrected chi connectivity index (χ4v) is 6.85. The maximum Gasteiger partial charge on any atom is 0.305 e. The summed E-state index contributed by atoms with van der Waals surface area (Å²) in [5, 5.41) is 0. The number of carbonyl (C=O) groups is 1. The van der Waals surface area contributed by atoms with E-state index in [9.17, 15) is 4.79 Å². The number of esters is 1. The molecule has 0 heterocycles. The molecule has 0 amide bonds. The molecule has 0 bridgehead atoms. The summed E-state index contributed by atoms with van der Waals surface area (Å²) in [6.07, 6.45) is 24.5. The first kappa shape index (κ1) is 22.2. The first-order valence-corrected chi connectivity index (χ1v) is 12.8. The van der Waals surface area contributed by atoms with Gasteiger partial charge in [0, 0.05) is 6.42 Å². The minimum absolute atomic E-state index is 0.00327. The van der Waals surface area contributed by atoms with Crippen LogP contribution in [0.2, 0.25) is 0 Å². The van der Waals surface area contributed by atoms with E-state index in [-0.39, 0.29) is 12.1 Å². The third-order valence-electron chi connectivity index (χ3n) is 8.78. The van der Waals surface area contributed by atoms with Crippen molar-refractivity contribution >= 4 is 5.97 Å². The highest BCUT2D eigenvalue weighted by Crippen LogP contribution is 2.52. The molecular weight excluding hydrogens is 344 g/mol. The van der Waals surface area contributed by atoms with Gasteiger partial charge in [-0.15, -0.1) is 0 Å². The summed E-state index contributed by atoms with van der Waals surface area (Å²) in [6.45, 7) is 4.44. The van der Waals surface area contributed by atoms with Gasteiger partial charge >= 0.3 is 5.97 Å². The Labute approximate surface area is 174 Å². The van der Waals surface area contributed by atoms with Crippen LogP contribution < -0.4 is 0 Å². The van der Waals surface area contributed by atoms with Crippen LogP contribution in [0, 0.1) is 23.2 Å². The molecule has 3 aliphatic rings. The van der Waals surface area contributed by atoms with Crippen molar-refractivity contribution < 1.29 is 9.53 Å². The van der Waals surface area contributed by atoms with Crippen LogP contribution in [0.5, 0.6) is 0 Å². The monoisotopic (exact) mass is 390 g/mol. The molecule has 162 valence electrons. The highest BCUT2D eigenvalue weighted by molar-refractivity contribution is 5.69. The Morgan fingerprint density at radius 3 is 2.14 bits per heavy atom. The molecule has 0 aromatic carbocycles. The quantitative estimate of drug-likeness (QED) is 0.395. The van der Waals surface area contributed by atoms with Crippen molar-refractivity contribution in [2.75, 3.05) is 0 Å². The molecule has 2 nitrogen and oxygen atoms in total. The number of hydrogen-bond acceptors (Lipinski definition) is 2. The molecule has 3 aliphatic carbocycles. The second-order valence-electron chi connectivity index (χ2n) is 10.5. The number of ether oxygens (including phenoxy) is 1. The van der Waals surface area contributed by atoms with Crippen LogP contribution in [0.1, 0.15) is 129 Å². The van der Waals surface area contributed by atoms with Crippen molar-refractivity contribution in [1.29, 1.82) is 0 Å². The highest BCUT2D eigenvalue weighted by Gasteiger charge is 2.42. The predicted octanol–water partition coefficient (Wildman–Crippen LogP) is 7.84. The zero-order valence-electron chi connectivity index (χ0n) is 18.9. The summed E-state index contributed by atoms with van der Waals surface area (Å²) in [4.78, 5) is 11.7. The van der Waals surface area contributed by atoms with Gasteiger partial charge in [0.2, 0.25) is 0 Å². The first-order valence-electron chi connectivity index (χ1n) is 12.8. The lowest BCUT2D eigenvalue weighted by atomic mass is 9.59. The van der Waals surface area contributed by atoms with Crippen molar-refractivity contribution in [3.05, 3.63) is 0 Å². The molecule has 0 saturated heterocycles. The van der Waals surface area contributed by atoms with Gasteiger partial charge in [0.25, 0.3) is 0 Å². The average Bonchev–Trinajstić information content (AvgIpc) is 2.76. The van der Waals surface area contributed by atoms with Crippen molar-refractivity contribution in [2.45, 2.75) is 136 Å². The van der Waals surface area contributed by atoms with Gasteiger partial charge in [0.1, 0.15) is 6.10 Å². The molecule has 0 N–H and O–H groups in total. The molecule has 1 unspecified atom stereocenters. The average molecular weight is 391 g/mol. The van der Waals surface area contributed by atoms with Crippen LogP contribution in [0.15, 0.2) is 0 Å². The van der Waals surface area contributed by atoms with E-state index in [1.165, 1.54) is 96.3 Å². The predicted molar refractivity (Wildman–Crippen MR) is 117 cm³/mol. The second kappa shape index (κ2) is 11.0. The fourth-order valence-electron chi connectivity index (χ4n) is 6.85. The van der Waals surface area contributed by atoms with Crippen molar-refractivity contribution in [1.82, 2.24) is 0 Å². The Hall–Kier alpha value is -0.530. The van der Waals surface area contributed by atoms with Crippen LogP contribution >= 0.6 is 0 Å². The minimum atomic E-state index is -0.00327. The Bertz CT molecular complexity index is 451. The van der Waals surface area contributed by atoms with E-state index in [0.717, 1.165) is 30.6 Å². The van der Waals surface area contributed by atoms with E-state index in [0.29, 0.717) is 11.8 Å². The van der Waals surface area contributed by atoms with Gasteiger partial charge in [0.05, 0.1) is 0 Å². The van der Waals surface area contributed by atoms with Crippen molar-refractivity contribution in [3.8, 4) is 0 Å². The third-order valence-corrected chi connectivity index (χ3v) is 8.78. The normalized spacial score (nSPS) is 31.4. The van der Waals surface area contributed by atoms with Crippen LogP contribution in [0.3, 0.4) is 0 Å². The molecule has 0 aromatic heterocycles. The fraction of sp³-hybridized carbons (Fsp3) is 0.962. The summed E-state index contributed by atoms with van der Waals surface area (Å²) >= 11 is 0. The van der Waals surface area contributed by atoms with E-state index in [2.05, 4.69) is 6.92 Å². The van der Waals surface area contributed by atoms with Gasteiger partial charge < -0.3 is 4.74 Å². The summed E-state index contributed by atoms with van der Waals surface area (Å²) in [7, 11) is 0. The van der Waals surface area contributed by atoms with E-state index < -0.39 is 0 Å². The van der Waals surface area contributed by atoms with Gasteiger partial charge in [-0.3, -0.25) is 4.79 Å². The van der Waals surface area contributed by atoms with E-state index in [1.807, 2.05) is 6.92 Å². The topological polar surface area (TPSA) is 26.3 Å². The Morgan fingerprint density at radius 1 is 0.929 bits per heavy atom. The van der Waals surface area contributed by atoms with Gasteiger partial charge in [-0.1, -0.05) is 78.1 Å². The highest BCUT2D eigenvalue weighted by atomic mass is 16.5. The number of rotatable bonds is 8. The largest absolute Gasteiger partial charge is 0.462 e. The molecule has 28 heavy (non-hydrogen) atoms. The first-order chi connectivity index (χ1) is 13.6. The minimum Gasteiger partial charge on any atom is -0.462 e. The van der Waals surface area contributed by atoms with Crippen LogP contribution in [-0.4, -0.2) is 12.1 Å². The van der Waals surface area contributed by atoms with E-state index in [4.69, 9.17) is 4.74 Å². The van der Waals surface area contributed by atoms with E-state index in [1.54, 1.807) is 0 Å². The smallest absolute Gasteiger partial charge is 0.305 e. The zero-order chi connectivity index (χ0) is 19.8.